The van der Waals surface area contributed by atoms with Crippen molar-refractivity contribution in [1.29, 1.82) is 0 Å². The highest BCUT2D eigenvalue weighted by Gasteiger charge is 2.33. The van der Waals surface area contributed by atoms with Crippen LogP contribution in [0.2, 0.25) is 0 Å². The Morgan fingerprint density at radius 3 is 1.50 bits per heavy atom. The first-order chi connectivity index (χ1) is 11.2. The smallest absolute Gasteiger partial charge is 0.0334 e. The van der Waals surface area contributed by atoms with Crippen LogP contribution in [-0.4, -0.2) is 0 Å². The summed E-state index contributed by atoms with van der Waals surface area (Å²) in [6, 6.07) is 0. The highest BCUT2D eigenvalue weighted by atomic mass is 14.4. The van der Waals surface area contributed by atoms with Crippen molar-refractivity contribution in [3.63, 3.8) is 0 Å². The average Bonchev–Trinajstić information content (AvgIpc) is 2.55. The SMILES string of the molecule is CCCC(C)C(C)C(C)CC(C)C(C(C)CC)C(C)C(CC)CC. The second kappa shape index (κ2) is 12.4. The van der Waals surface area contributed by atoms with E-state index in [1.54, 1.807) is 0 Å². The number of hydrogen-bond acceptors (Lipinski definition) is 0. The van der Waals surface area contributed by atoms with E-state index in [0.29, 0.717) is 0 Å². The van der Waals surface area contributed by atoms with Gasteiger partial charge in [0, 0.05) is 0 Å². The van der Waals surface area contributed by atoms with Gasteiger partial charge in [0.25, 0.3) is 0 Å². The van der Waals surface area contributed by atoms with Crippen LogP contribution < -0.4 is 0 Å². The third-order valence-electron chi connectivity index (χ3n) is 7.64. The standard InChI is InChI=1S/C24H50/c1-11-15-18(6)21(9)19(7)16-20(8)24(17(5)12-2)22(10)23(13-3)14-4/h17-24H,11-16H2,1-10H3. The van der Waals surface area contributed by atoms with Crippen molar-refractivity contribution in [3.8, 4) is 0 Å². The fourth-order valence-electron chi connectivity index (χ4n) is 5.45. The molecule has 0 heterocycles. The van der Waals surface area contributed by atoms with Gasteiger partial charge in [-0.05, 0) is 53.8 Å². The lowest BCUT2D eigenvalue weighted by molar-refractivity contribution is 0.0931. The van der Waals surface area contributed by atoms with Gasteiger partial charge < -0.3 is 0 Å². The Morgan fingerprint density at radius 2 is 1.08 bits per heavy atom. The van der Waals surface area contributed by atoms with Gasteiger partial charge >= 0.3 is 0 Å². The predicted octanol–water partition coefficient (Wildman–Crippen LogP) is 8.46. The molecular formula is C24H50. The molecule has 0 heteroatoms. The van der Waals surface area contributed by atoms with Gasteiger partial charge in [0.05, 0.1) is 0 Å². The first kappa shape index (κ1) is 24.0. The number of rotatable bonds is 13. The van der Waals surface area contributed by atoms with E-state index in [1.807, 2.05) is 0 Å². The van der Waals surface area contributed by atoms with Gasteiger partial charge in [0.2, 0.25) is 0 Å². The van der Waals surface area contributed by atoms with Gasteiger partial charge in [-0.25, -0.2) is 0 Å². The largest absolute Gasteiger partial charge is 0.0654 e. The second-order valence-electron chi connectivity index (χ2n) is 9.21. The van der Waals surface area contributed by atoms with E-state index < -0.39 is 0 Å². The number of hydrogen-bond donors (Lipinski definition) is 0. The molecule has 0 bridgehead atoms. The lowest BCUT2D eigenvalue weighted by Gasteiger charge is -2.40. The van der Waals surface area contributed by atoms with Crippen LogP contribution in [0, 0.1) is 47.3 Å². The average molecular weight is 339 g/mol. The van der Waals surface area contributed by atoms with E-state index in [1.165, 1.54) is 38.5 Å². The van der Waals surface area contributed by atoms with Crippen LogP contribution in [0.3, 0.4) is 0 Å². The molecule has 0 aliphatic carbocycles. The minimum Gasteiger partial charge on any atom is -0.0654 e. The molecular weight excluding hydrogens is 288 g/mol. The Balaban J connectivity index is 5.02. The topological polar surface area (TPSA) is 0 Å². The van der Waals surface area contributed by atoms with Crippen molar-refractivity contribution in [2.75, 3.05) is 0 Å². The van der Waals surface area contributed by atoms with Gasteiger partial charge in [0.15, 0.2) is 0 Å². The molecule has 0 saturated heterocycles. The van der Waals surface area contributed by atoms with E-state index in [-0.39, 0.29) is 0 Å². The summed E-state index contributed by atoms with van der Waals surface area (Å²) in [6.07, 6.45) is 8.14. The molecule has 146 valence electrons. The van der Waals surface area contributed by atoms with Crippen molar-refractivity contribution in [1.82, 2.24) is 0 Å². The van der Waals surface area contributed by atoms with Crippen LogP contribution in [0.5, 0.6) is 0 Å². The molecule has 0 nitrogen and oxygen atoms in total. The Hall–Kier alpha value is 0. The summed E-state index contributed by atoms with van der Waals surface area (Å²) in [5.74, 6) is 6.92. The Bertz CT molecular complexity index is 290. The first-order valence-electron chi connectivity index (χ1n) is 11.2. The predicted molar refractivity (Wildman–Crippen MR) is 112 cm³/mol. The Labute approximate surface area is 155 Å². The van der Waals surface area contributed by atoms with E-state index in [4.69, 9.17) is 0 Å². The normalized spacial score (nSPS) is 21.1. The van der Waals surface area contributed by atoms with Crippen LogP contribution >= 0.6 is 0 Å². The zero-order chi connectivity index (χ0) is 18.9. The summed E-state index contributed by atoms with van der Waals surface area (Å²) in [6.45, 7) is 24.6. The van der Waals surface area contributed by atoms with Crippen molar-refractivity contribution in [2.45, 2.75) is 108 Å². The van der Waals surface area contributed by atoms with Crippen LogP contribution in [0.1, 0.15) is 108 Å². The lowest BCUT2D eigenvalue weighted by atomic mass is 9.65. The molecule has 0 amide bonds. The molecule has 0 rings (SSSR count). The van der Waals surface area contributed by atoms with E-state index in [0.717, 1.165) is 47.3 Å². The Kier molecular flexibility index (Phi) is 12.4. The molecule has 0 fully saturated rings. The maximum Gasteiger partial charge on any atom is -0.0334 e. The van der Waals surface area contributed by atoms with Gasteiger partial charge in [0.1, 0.15) is 0 Å². The monoisotopic (exact) mass is 338 g/mol. The summed E-state index contributed by atoms with van der Waals surface area (Å²) in [4.78, 5) is 0. The van der Waals surface area contributed by atoms with Gasteiger partial charge in [-0.2, -0.15) is 0 Å². The molecule has 0 radical (unpaired) electrons. The lowest BCUT2D eigenvalue weighted by Crippen LogP contribution is -2.32. The van der Waals surface area contributed by atoms with Gasteiger partial charge in [-0.15, -0.1) is 0 Å². The van der Waals surface area contributed by atoms with Crippen LogP contribution in [0.25, 0.3) is 0 Å². The maximum atomic E-state index is 2.56. The maximum absolute atomic E-state index is 2.56. The van der Waals surface area contributed by atoms with Crippen molar-refractivity contribution in [2.24, 2.45) is 47.3 Å². The minimum absolute atomic E-state index is 0.849. The summed E-state index contributed by atoms with van der Waals surface area (Å²) < 4.78 is 0. The second-order valence-corrected chi connectivity index (χ2v) is 9.21. The van der Waals surface area contributed by atoms with Crippen LogP contribution in [0.4, 0.5) is 0 Å². The van der Waals surface area contributed by atoms with E-state index in [9.17, 15) is 0 Å². The molecule has 0 aromatic heterocycles. The molecule has 0 spiro atoms. The molecule has 0 N–H and O–H groups in total. The Morgan fingerprint density at radius 1 is 0.542 bits per heavy atom. The summed E-state index contributed by atoms with van der Waals surface area (Å²) in [7, 11) is 0. The molecule has 24 heavy (non-hydrogen) atoms. The quantitative estimate of drug-likeness (QED) is 0.316. The highest BCUT2D eigenvalue weighted by Crippen LogP contribution is 2.41. The third-order valence-corrected chi connectivity index (χ3v) is 7.64. The van der Waals surface area contributed by atoms with Crippen molar-refractivity contribution >= 4 is 0 Å². The zero-order valence-corrected chi connectivity index (χ0v) is 18.9. The third kappa shape index (κ3) is 7.09. The van der Waals surface area contributed by atoms with Crippen LogP contribution in [-0.2, 0) is 0 Å². The summed E-state index contributed by atoms with van der Waals surface area (Å²) in [5.41, 5.74) is 0. The molecule has 0 aliphatic rings. The summed E-state index contributed by atoms with van der Waals surface area (Å²) in [5, 5.41) is 0. The zero-order valence-electron chi connectivity index (χ0n) is 18.9. The molecule has 7 atom stereocenters. The molecule has 0 aromatic carbocycles. The molecule has 7 unspecified atom stereocenters. The molecule has 0 aliphatic heterocycles. The minimum atomic E-state index is 0.849. The van der Waals surface area contributed by atoms with Crippen LogP contribution in [0.15, 0.2) is 0 Å². The van der Waals surface area contributed by atoms with E-state index >= 15 is 0 Å². The van der Waals surface area contributed by atoms with Crippen molar-refractivity contribution < 1.29 is 0 Å². The van der Waals surface area contributed by atoms with Gasteiger partial charge in [-0.3, -0.25) is 0 Å². The highest BCUT2D eigenvalue weighted by molar-refractivity contribution is 4.82. The summed E-state index contributed by atoms with van der Waals surface area (Å²) >= 11 is 0. The van der Waals surface area contributed by atoms with Crippen molar-refractivity contribution in [3.05, 3.63) is 0 Å². The fourth-order valence-corrected chi connectivity index (χ4v) is 5.45. The first-order valence-corrected chi connectivity index (χ1v) is 11.2. The fraction of sp³-hybridized carbons (Fsp3) is 1.00. The molecule has 0 saturated carbocycles. The van der Waals surface area contributed by atoms with E-state index in [2.05, 4.69) is 69.2 Å². The van der Waals surface area contributed by atoms with Gasteiger partial charge in [-0.1, -0.05) is 101 Å². The molecule has 0 aromatic rings.